The Balaban J connectivity index is 2.11. The zero-order valence-corrected chi connectivity index (χ0v) is 13.7. The van der Waals surface area contributed by atoms with E-state index in [9.17, 15) is 4.39 Å². The summed E-state index contributed by atoms with van der Waals surface area (Å²) in [6.45, 7) is 0.402. The Morgan fingerprint density at radius 3 is 2.72 bits per heavy atom. The van der Waals surface area contributed by atoms with E-state index in [1.807, 2.05) is 18.2 Å². The fraction of sp³-hybridized carbons (Fsp3) is 0.0769. The molecule has 0 aliphatic carbocycles. The number of hydrogen-bond acceptors (Lipinski definition) is 1. The minimum atomic E-state index is -0.253. The van der Waals surface area contributed by atoms with Gasteiger partial charge in [-0.2, -0.15) is 0 Å². The maximum Gasteiger partial charge on any atom is 0.128 e. The average Bonchev–Trinajstić information content (AvgIpc) is 2.34. The Labute approximate surface area is 132 Å². The molecule has 94 valence electrons. The lowest BCUT2D eigenvalue weighted by molar-refractivity contribution is 0.613. The van der Waals surface area contributed by atoms with Gasteiger partial charge in [-0.15, -0.1) is 0 Å². The summed E-state index contributed by atoms with van der Waals surface area (Å²) in [4.78, 5) is 0. The minimum absolute atomic E-state index is 0.253. The first-order chi connectivity index (χ1) is 8.56. The van der Waals surface area contributed by atoms with Crippen molar-refractivity contribution in [3.63, 3.8) is 0 Å². The van der Waals surface area contributed by atoms with Crippen molar-refractivity contribution < 1.29 is 4.39 Å². The molecule has 0 aromatic heterocycles. The molecule has 0 bridgehead atoms. The van der Waals surface area contributed by atoms with Gasteiger partial charge in [-0.25, -0.2) is 4.39 Å². The van der Waals surface area contributed by atoms with Gasteiger partial charge in [-0.1, -0.05) is 11.6 Å². The van der Waals surface area contributed by atoms with Crippen LogP contribution in [0.5, 0.6) is 0 Å². The Morgan fingerprint density at radius 1 is 1.22 bits per heavy atom. The van der Waals surface area contributed by atoms with Crippen molar-refractivity contribution in [2.24, 2.45) is 0 Å². The lowest BCUT2D eigenvalue weighted by atomic mass is 10.2. The third-order valence-corrected chi connectivity index (χ3v) is 4.98. The molecule has 0 spiro atoms. The maximum atomic E-state index is 13.5. The molecule has 18 heavy (non-hydrogen) atoms. The molecule has 0 saturated heterocycles. The van der Waals surface area contributed by atoms with Gasteiger partial charge in [0.2, 0.25) is 0 Å². The van der Waals surface area contributed by atoms with E-state index in [0.717, 1.165) is 13.7 Å². The molecular formula is C13H9BrClFIN. The third-order valence-electron chi connectivity index (χ3n) is 2.41. The first kappa shape index (κ1) is 14.1. The summed E-state index contributed by atoms with van der Waals surface area (Å²) in [5.41, 5.74) is 1.49. The van der Waals surface area contributed by atoms with Crippen LogP contribution in [0.2, 0.25) is 5.02 Å². The summed E-state index contributed by atoms with van der Waals surface area (Å²) in [7, 11) is 0. The van der Waals surface area contributed by atoms with Crippen LogP contribution < -0.4 is 5.32 Å². The van der Waals surface area contributed by atoms with Crippen molar-refractivity contribution in [1.82, 2.24) is 0 Å². The first-order valence-corrected chi connectivity index (χ1v) is 7.44. The minimum Gasteiger partial charge on any atom is -0.381 e. The van der Waals surface area contributed by atoms with Crippen molar-refractivity contribution in [2.75, 3.05) is 5.32 Å². The molecule has 0 amide bonds. The van der Waals surface area contributed by atoms with E-state index >= 15 is 0 Å². The van der Waals surface area contributed by atoms with Crippen LogP contribution in [0.4, 0.5) is 10.1 Å². The second-order valence-electron chi connectivity index (χ2n) is 3.72. The molecule has 2 aromatic carbocycles. The lowest BCUT2D eigenvalue weighted by Gasteiger charge is -2.09. The standard InChI is InChI=1S/C13H9BrClFIN/c14-11-6-10(2-4-13(11)17)18-7-8-5-9(15)1-3-12(8)16/h1-6,18H,7H2. The second kappa shape index (κ2) is 6.21. The van der Waals surface area contributed by atoms with Gasteiger partial charge in [0, 0.05) is 30.9 Å². The molecule has 0 unspecified atom stereocenters. The summed E-state index contributed by atoms with van der Waals surface area (Å²) in [6, 6.07) is 10.5. The van der Waals surface area contributed by atoms with Crippen molar-refractivity contribution >= 4 is 55.8 Å². The van der Waals surface area contributed by atoms with Crippen LogP contribution in [0.3, 0.4) is 0 Å². The van der Waals surface area contributed by atoms with Crippen LogP contribution in [0.1, 0.15) is 5.56 Å². The topological polar surface area (TPSA) is 12.0 Å². The largest absolute Gasteiger partial charge is 0.381 e. The van der Waals surface area contributed by atoms with Gasteiger partial charge in [0.15, 0.2) is 0 Å². The monoisotopic (exact) mass is 439 g/mol. The normalized spacial score (nSPS) is 10.4. The molecule has 0 aliphatic heterocycles. The summed E-state index contributed by atoms with van der Waals surface area (Å²) in [5.74, 6) is -0.253. The molecule has 0 atom stereocenters. The number of anilines is 1. The highest BCUT2D eigenvalue weighted by Gasteiger charge is 2.04. The summed E-state index contributed by atoms with van der Waals surface area (Å²) in [6.07, 6.45) is 0. The van der Waals surface area contributed by atoms with Crippen molar-refractivity contribution in [3.05, 3.63) is 60.8 Å². The van der Waals surface area contributed by atoms with Crippen molar-refractivity contribution in [2.45, 2.75) is 6.54 Å². The van der Waals surface area contributed by atoms with E-state index < -0.39 is 0 Å². The van der Waals surface area contributed by atoms with Crippen molar-refractivity contribution in [3.8, 4) is 0 Å². The summed E-state index contributed by atoms with van der Waals surface area (Å²) in [5, 5.41) is 3.70. The fourth-order valence-electron chi connectivity index (χ4n) is 1.48. The third kappa shape index (κ3) is 3.59. The molecule has 5 heteroatoms. The van der Waals surface area contributed by atoms with E-state index in [2.05, 4.69) is 43.8 Å². The van der Waals surface area contributed by atoms with E-state index in [4.69, 9.17) is 11.6 Å². The highest BCUT2D eigenvalue weighted by molar-refractivity contribution is 14.1. The van der Waals surface area contributed by atoms with Crippen LogP contribution in [-0.2, 0) is 6.54 Å². The summed E-state index contributed by atoms with van der Waals surface area (Å²) >= 11 is 11.5. The SMILES string of the molecule is Fc1ccc(Cl)cc1CNc1ccc(I)c(Br)c1. The number of rotatable bonds is 3. The number of hydrogen-bond donors (Lipinski definition) is 1. The predicted octanol–water partition coefficient (Wildman–Crippen LogP) is 5.46. The Morgan fingerprint density at radius 2 is 2.00 bits per heavy atom. The van der Waals surface area contributed by atoms with Crippen LogP contribution in [0.15, 0.2) is 40.9 Å². The van der Waals surface area contributed by atoms with Gasteiger partial charge >= 0.3 is 0 Å². The first-order valence-electron chi connectivity index (χ1n) is 5.19. The highest BCUT2D eigenvalue weighted by Crippen LogP contribution is 2.23. The van der Waals surface area contributed by atoms with Gasteiger partial charge in [-0.05, 0) is 74.9 Å². The highest BCUT2D eigenvalue weighted by atomic mass is 127. The zero-order chi connectivity index (χ0) is 13.1. The molecule has 0 radical (unpaired) electrons. The molecule has 1 N–H and O–H groups in total. The van der Waals surface area contributed by atoms with E-state index in [0.29, 0.717) is 17.1 Å². The maximum absolute atomic E-state index is 13.5. The van der Waals surface area contributed by atoms with Crippen LogP contribution in [-0.4, -0.2) is 0 Å². The fourth-order valence-corrected chi connectivity index (χ4v) is 2.39. The second-order valence-corrected chi connectivity index (χ2v) is 6.17. The molecule has 2 aromatic rings. The predicted molar refractivity (Wildman–Crippen MR) is 85.6 cm³/mol. The van der Waals surface area contributed by atoms with Gasteiger partial charge in [-0.3, -0.25) is 0 Å². The molecule has 0 heterocycles. The molecule has 0 fully saturated rings. The van der Waals surface area contributed by atoms with Gasteiger partial charge in [0.1, 0.15) is 5.82 Å². The van der Waals surface area contributed by atoms with Crippen LogP contribution in [0.25, 0.3) is 0 Å². The quantitative estimate of drug-likeness (QED) is 0.625. The van der Waals surface area contributed by atoms with E-state index in [-0.39, 0.29) is 5.82 Å². The smallest absolute Gasteiger partial charge is 0.128 e. The van der Waals surface area contributed by atoms with Crippen LogP contribution >= 0.6 is 50.1 Å². The molecule has 0 aliphatic rings. The Kier molecular flexibility index (Phi) is 4.86. The van der Waals surface area contributed by atoms with Crippen LogP contribution in [0, 0.1) is 9.39 Å². The molecular weight excluding hydrogens is 431 g/mol. The number of nitrogens with one attached hydrogen (secondary N) is 1. The van der Waals surface area contributed by atoms with Crippen molar-refractivity contribution in [1.29, 1.82) is 0 Å². The zero-order valence-electron chi connectivity index (χ0n) is 9.18. The molecule has 2 rings (SSSR count). The average molecular weight is 440 g/mol. The number of halogens is 4. The Bertz CT molecular complexity index is 577. The van der Waals surface area contributed by atoms with Gasteiger partial charge in [0.05, 0.1) is 0 Å². The number of benzene rings is 2. The Hall–Kier alpha value is -0.330. The van der Waals surface area contributed by atoms with E-state index in [1.54, 1.807) is 12.1 Å². The molecule has 0 saturated carbocycles. The molecule has 1 nitrogen and oxygen atoms in total. The van der Waals surface area contributed by atoms with Gasteiger partial charge < -0.3 is 5.32 Å². The lowest BCUT2D eigenvalue weighted by Crippen LogP contribution is -2.01. The van der Waals surface area contributed by atoms with Gasteiger partial charge in [0.25, 0.3) is 0 Å². The summed E-state index contributed by atoms with van der Waals surface area (Å²) < 4.78 is 15.7. The van der Waals surface area contributed by atoms with E-state index in [1.165, 1.54) is 6.07 Å².